The molecule has 7 nitrogen and oxygen atoms in total. The van der Waals surface area contributed by atoms with E-state index in [4.69, 9.17) is 9.94 Å². The number of pyridine rings is 1. The Morgan fingerprint density at radius 3 is 2.86 bits per heavy atom. The first-order valence-electron chi connectivity index (χ1n) is 8.94. The third-order valence-electron chi connectivity index (χ3n) is 5.76. The third-order valence-corrected chi connectivity index (χ3v) is 5.76. The minimum absolute atomic E-state index is 0. The molecule has 1 aliphatic carbocycles. The molecule has 148 valence electrons. The number of methoxy groups -OCH3 is 1. The maximum absolute atomic E-state index is 13.3. The molecule has 1 saturated heterocycles. The highest BCUT2D eigenvalue weighted by atomic mass is 32.1. The van der Waals surface area contributed by atoms with Crippen LogP contribution in [0, 0.1) is 5.41 Å². The number of nitrogens with zero attached hydrogens (tertiary/aromatic N) is 2. The van der Waals surface area contributed by atoms with E-state index >= 15 is 0 Å². The van der Waals surface area contributed by atoms with E-state index in [0.29, 0.717) is 30.0 Å². The van der Waals surface area contributed by atoms with Crippen molar-refractivity contribution < 1.29 is 19.5 Å². The zero-order chi connectivity index (χ0) is 19.0. The van der Waals surface area contributed by atoms with Crippen molar-refractivity contribution >= 4 is 31.0 Å². The maximum atomic E-state index is 13.3. The topological polar surface area (TPSA) is 91.8 Å². The van der Waals surface area contributed by atoms with Crippen molar-refractivity contribution in [2.75, 3.05) is 18.6 Å². The zero-order valence-electron chi connectivity index (χ0n) is 15.6. The van der Waals surface area contributed by atoms with Gasteiger partial charge in [0.05, 0.1) is 18.7 Å². The van der Waals surface area contributed by atoms with E-state index in [2.05, 4.69) is 4.98 Å². The number of benzene rings is 1. The number of carbonyl (C=O) groups excluding carboxylic acids is 2. The first-order chi connectivity index (χ1) is 13.1. The van der Waals surface area contributed by atoms with E-state index in [-0.39, 0.29) is 19.4 Å². The molecule has 1 aliphatic heterocycles. The zero-order valence-corrected chi connectivity index (χ0v) is 16.6. The summed E-state index contributed by atoms with van der Waals surface area (Å²) in [5.41, 5.74) is 4.52. The van der Waals surface area contributed by atoms with Crippen LogP contribution in [0.25, 0.3) is 0 Å². The summed E-state index contributed by atoms with van der Waals surface area (Å²) in [6, 6.07) is 7.14. The van der Waals surface area contributed by atoms with Crippen LogP contribution < -0.4 is 15.1 Å². The summed E-state index contributed by atoms with van der Waals surface area (Å²) in [6.07, 6.45) is 6.22. The van der Waals surface area contributed by atoms with Gasteiger partial charge in [-0.2, -0.15) is 13.5 Å². The minimum Gasteiger partial charge on any atom is -0.494 e. The number of ether oxygens (including phenoxy) is 1. The fourth-order valence-electron chi connectivity index (χ4n) is 4.26. The smallest absolute Gasteiger partial charge is 0.274 e. The van der Waals surface area contributed by atoms with E-state index < -0.39 is 11.3 Å². The standard InChI is InChI=1S/C20H21N3O4.H2S/c1-27-17-5-8-21-12-16(17)23-9-7-20(19(23)25)6-4-13-10-14(18(24)22-26)2-3-15(13)11-20;/h2-3,5,8,10,12,26H,4,6-7,9,11H2,1H3,(H,22,24);1H2/t20-;/m1./s1. The minimum atomic E-state index is -0.523. The molecule has 2 amide bonds. The number of fused-ring (bicyclic) bond motifs is 1. The molecule has 0 unspecified atom stereocenters. The Hall–Kier alpha value is -2.58. The molecule has 0 bridgehead atoms. The van der Waals surface area contributed by atoms with E-state index in [1.165, 1.54) is 0 Å². The number of anilines is 1. The molecule has 2 aliphatic rings. The molecule has 8 heteroatoms. The Bertz CT molecular complexity index is 920. The van der Waals surface area contributed by atoms with E-state index in [9.17, 15) is 9.59 Å². The summed E-state index contributed by atoms with van der Waals surface area (Å²) in [5, 5.41) is 8.81. The Morgan fingerprint density at radius 1 is 1.29 bits per heavy atom. The molecule has 2 aromatic rings. The lowest BCUT2D eigenvalue weighted by Gasteiger charge is -2.33. The summed E-state index contributed by atoms with van der Waals surface area (Å²) in [7, 11) is 1.59. The first-order valence-corrected chi connectivity index (χ1v) is 8.94. The fourth-order valence-corrected chi connectivity index (χ4v) is 4.26. The van der Waals surface area contributed by atoms with Crippen molar-refractivity contribution in [3.05, 3.63) is 53.3 Å². The second-order valence-corrected chi connectivity index (χ2v) is 7.14. The quantitative estimate of drug-likeness (QED) is 0.608. The number of hydrogen-bond donors (Lipinski definition) is 2. The number of nitrogens with one attached hydrogen (secondary N) is 1. The van der Waals surface area contributed by atoms with Crippen LogP contribution >= 0.6 is 13.5 Å². The van der Waals surface area contributed by atoms with Gasteiger partial charge in [-0.3, -0.25) is 19.8 Å². The molecule has 1 atom stereocenters. The Balaban J connectivity index is 0.00000225. The van der Waals surface area contributed by atoms with Gasteiger partial charge in [-0.1, -0.05) is 6.07 Å². The number of aromatic nitrogens is 1. The molecular weight excluding hydrogens is 378 g/mol. The van der Waals surface area contributed by atoms with Crippen LogP contribution in [0.5, 0.6) is 5.75 Å². The van der Waals surface area contributed by atoms with Gasteiger partial charge in [-0.15, -0.1) is 0 Å². The third kappa shape index (κ3) is 3.22. The molecule has 1 fully saturated rings. The van der Waals surface area contributed by atoms with Gasteiger partial charge in [0.1, 0.15) is 11.4 Å². The van der Waals surface area contributed by atoms with Crippen molar-refractivity contribution in [3.63, 3.8) is 0 Å². The highest BCUT2D eigenvalue weighted by Gasteiger charge is 2.49. The summed E-state index contributed by atoms with van der Waals surface area (Å²) >= 11 is 0. The van der Waals surface area contributed by atoms with Gasteiger partial charge in [-0.25, -0.2) is 5.48 Å². The second kappa shape index (κ2) is 7.81. The van der Waals surface area contributed by atoms with Crippen molar-refractivity contribution in [1.29, 1.82) is 0 Å². The molecule has 4 rings (SSSR count). The predicted molar refractivity (Wildman–Crippen MR) is 108 cm³/mol. The average Bonchev–Trinajstić information content (AvgIpc) is 3.02. The first kappa shape index (κ1) is 20.2. The maximum Gasteiger partial charge on any atom is 0.274 e. The Kier molecular flexibility index (Phi) is 5.62. The summed E-state index contributed by atoms with van der Waals surface area (Å²) in [5.74, 6) is 0.229. The van der Waals surface area contributed by atoms with E-state index in [1.807, 2.05) is 6.07 Å². The molecule has 28 heavy (non-hydrogen) atoms. The second-order valence-electron chi connectivity index (χ2n) is 7.14. The SMILES string of the molecule is COc1ccncc1N1CC[C@@]2(CCc3cc(C(=O)NO)ccc3C2)C1=O.S. The normalized spacial score (nSPS) is 20.5. The molecule has 2 N–H and O–H groups in total. The number of hydroxylamine groups is 1. The molecule has 1 aromatic carbocycles. The number of aryl methyl sites for hydroxylation is 1. The van der Waals surface area contributed by atoms with Crippen LogP contribution in [0.15, 0.2) is 36.7 Å². The van der Waals surface area contributed by atoms with Crippen LogP contribution in [0.2, 0.25) is 0 Å². The number of amides is 2. The van der Waals surface area contributed by atoms with Crippen LogP contribution in [-0.4, -0.2) is 35.7 Å². The van der Waals surface area contributed by atoms with Crippen LogP contribution in [0.4, 0.5) is 5.69 Å². The number of rotatable bonds is 3. The number of carbonyl (C=O) groups is 2. The summed E-state index contributed by atoms with van der Waals surface area (Å²) < 4.78 is 5.39. The van der Waals surface area contributed by atoms with Gasteiger partial charge in [0.2, 0.25) is 5.91 Å². The van der Waals surface area contributed by atoms with Gasteiger partial charge in [0, 0.05) is 24.4 Å². The van der Waals surface area contributed by atoms with Crippen molar-refractivity contribution in [1.82, 2.24) is 10.5 Å². The highest BCUT2D eigenvalue weighted by molar-refractivity contribution is 7.59. The van der Waals surface area contributed by atoms with Gasteiger partial charge in [0.25, 0.3) is 5.91 Å². The van der Waals surface area contributed by atoms with Crippen molar-refractivity contribution in [2.45, 2.75) is 25.7 Å². The summed E-state index contributed by atoms with van der Waals surface area (Å²) in [4.78, 5) is 30.9. The summed E-state index contributed by atoms with van der Waals surface area (Å²) in [6.45, 7) is 0.640. The van der Waals surface area contributed by atoms with Gasteiger partial charge in [-0.05, 0) is 48.9 Å². The van der Waals surface area contributed by atoms with Crippen LogP contribution in [-0.2, 0) is 17.6 Å². The average molecular weight is 401 g/mol. The lowest BCUT2D eigenvalue weighted by molar-refractivity contribution is -0.126. The van der Waals surface area contributed by atoms with Gasteiger partial charge in [0.15, 0.2) is 0 Å². The van der Waals surface area contributed by atoms with E-state index in [0.717, 1.165) is 30.4 Å². The largest absolute Gasteiger partial charge is 0.494 e. The molecule has 0 saturated carbocycles. The highest BCUT2D eigenvalue weighted by Crippen LogP contribution is 2.46. The lowest BCUT2D eigenvalue weighted by Crippen LogP contribution is -2.39. The molecule has 0 radical (unpaired) electrons. The Morgan fingerprint density at radius 2 is 2.11 bits per heavy atom. The van der Waals surface area contributed by atoms with Crippen molar-refractivity contribution in [3.8, 4) is 5.75 Å². The van der Waals surface area contributed by atoms with Gasteiger partial charge >= 0.3 is 0 Å². The molecule has 2 heterocycles. The van der Waals surface area contributed by atoms with Crippen LogP contribution in [0.3, 0.4) is 0 Å². The molecule has 1 spiro atoms. The lowest BCUT2D eigenvalue weighted by atomic mass is 9.70. The molecular formula is C20H23N3O4S. The fraction of sp³-hybridized carbons (Fsp3) is 0.350. The number of hydrogen-bond acceptors (Lipinski definition) is 5. The van der Waals surface area contributed by atoms with Gasteiger partial charge < -0.3 is 9.64 Å². The van der Waals surface area contributed by atoms with E-state index in [1.54, 1.807) is 48.1 Å². The Labute approximate surface area is 170 Å². The predicted octanol–water partition coefficient (Wildman–Crippen LogP) is 2.23. The molecule has 1 aromatic heterocycles. The van der Waals surface area contributed by atoms with Crippen LogP contribution in [0.1, 0.15) is 34.3 Å². The van der Waals surface area contributed by atoms with Crippen molar-refractivity contribution in [2.24, 2.45) is 5.41 Å². The monoisotopic (exact) mass is 401 g/mol.